The molecule has 0 spiro atoms. The summed E-state index contributed by atoms with van der Waals surface area (Å²) in [7, 11) is 0. The maximum atomic E-state index is 11.3. The number of Topliss-reactive ketones (excluding diaryl/α,β-unsaturated/α-hetero) is 1. The molecular weight excluding hydrogens is 216 g/mol. The number of nitrogens with two attached hydrogens (primary N) is 2. The van der Waals surface area contributed by atoms with Crippen LogP contribution in [0.4, 0.5) is 0 Å². The number of aliphatic carboxylic acids is 2. The van der Waals surface area contributed by atoms with E-state index in [1.807, 2.05) is 0 Å². The fourth-order valence-electron chi connectivity index (χ4n) is 1.05. The van der Waals surface area contributed by atoms with Crippen LogP contribution in [0, 0.1) is 0 Å². The van der Waals surface area contributed by atoms with Crippen LogP contribution in [0.3, 0.4) is 0 Å². The molecule has 0 saturated heterocycles. The van der Waals surface area contributed by atoms with E-state index < -0.39 is 24.0 Å². The van der Waals surface area contributed by atoms with Crippen LogP contribution in [0.15, 0.2) is 0 Å². The maximum absolute atomic E-state index is 11.3. The van der Waals surface area contributed by atoms with E-state index in [9.17, 15) is 14.4 Å². The zero-order chi connectivity index (χ0) is 12.7. The second-order valence-corrected chi connectivity index (χ2v) is 3.49. The van der Waals surface area contributed by atoms with Crippen molar-refractivity contribution < 1.29 is 24.6 Å². The molecule has 2 atom stereocenters. The standard InChI is InChI=1S/C9H16N2O5/c10-5(2-4-8(13)14)7(12)3-1-6(11)9(15)16/h5-6H,1-4,10-11H2,(H,13,14)(H,15,16). The van der Waals surface area contributed by atoms with Crippen LogP contribution in [0.1, 0.15) is 25.7 Å². The number of rotatable bonds is 8. The fourth-order valence-corrected chi connectivity index (χ4v) is 1.05. The molecule has 16 heavy (non-hydrogen) atoms. The number of carboxylic acid groups (broad SMARTS) is 2. The van der Waals surface area contributed by atoms with Crippen molar-refractivity contribution in [3.63, 3.8) is 0 Å². The molecule has 0 aliphatic rings. The number of hydrogen-bond donors (Lipinski definition) is 4. The summed E-state index contributed by atoms with van der Waals surface area (Å²) in [6, 6.07) is -1.95. The smallest absolute Gasteiger partial charge is 0.320 e. The highest BCUT2D eigenvalue weighted by atomic mass is 16.4. The van der Waals surface area contributed by atoms with Gasteiger partial charge in [-0.05, 0) is 12.8 Å². The molecule has 6 N–H and O–H groups in total. The average molecular weight is 232 g/mol. The molecule has 0 radical (unpaired) electrons. The van der Waals surface area contributed by atoms with Gasteiger partial charge in [0.2, 0.25) is 0 Å². The summed E-state index contributed by atoms with van der Waals surface area (Å²) in [5.41, 5.74) is 10.6. The van der Waals surface area contributed by atoms with Gasteiger partial charge in [0.05, 0.1) is 6.04 Å². The molecule has 7 nitrogen and oxygen atoms in total. The molecule has 7 heteroatoms. The second-order valence-electron chi connectivity index (χ2n) is 3.49. The molecule has 0 bridgehead atoms. The summed E-state index contributed by atoms with van der Waals surface area (Å²) < 4.78 is 0. The van der Waals surface area contributed by atoms with Crippen molar-refractivity contribution in [3.8, 4) is 0 Å². The molecule has 0 heterocycles. The highest BCUT2D eigenvalue weighted by Gasteiger charge is 2.18. The minimum Gasteiger partial charge on any atom is -0.481 e. The van der Waals surface area contributed by atoms with Crippen LogP contribution in [0.5, 0.6) is 0 Å². The Hall–Kier alpha value is -1.47. The van der Waals surface area contributed by atoms with Gasteiger partial charge in [-0.25, -0.2) is 0 Å². The predicted molar refractivity (Wildman–Crippen MR) is 54.7 cm³/mol. The largest absolute Gasteiger partial charge is 0.481 e. The Bertz CT molecular complexity index is 279. The van der Waals surface area contributed by atoms with Crippen molar-refractivity contribution in [3.05, 3.63) is 0 Å². The van der Waals surface area contributed by atoms with Crippen LogP contribution in [0.25, 0.3) is 0 Å². The Kier molecular flexibility index (Phi) is 6.28. The predicted octanol–water partition coefficient (Wildman–Crippen LogP) is -1.06. The highest BCUT2D eigenvalue weighted by Crippen LogP contribution is 2.03. The normalized spacial score (nSPS) is 14.1. The van der Waals surface area contributed by atoms with Crippen LogP contribution in [0.2, 0.25) is 0 Å². The van der Waals surface area contributed by atoms with Crippen molar-refractivity contribution in [2.24, 2.45) is 11.5 Å². The van der Waals surface area contributed by atoms with E-state index >= 15 is 0 Å². The summed E-state index contributed by atoms with van der Waals surface area (Å²) in [5, 5.41) is 16.8. The van der Waals surface area contributed by atoms with Gasteiger partial charge in [-0.3, -0.25) is 14.4 Å². The van der Waals surface area contributed by atoms with Gasteiger partial charge in [-0.15, -0.1) is 0 Å². The lowest BCUT2D eigenvalue weighted by atomic mass is 10.0. The topological polar surface area (TPSA) is 144 Å². The third-order valence-corrected chi connectivity index (χ3v) is 2.10. The highest BCUT2D eigenvalue weighted by molar-refractivity contribution is 5.85. The van der Waals surface area contributed by atoms with Gasteiger partial charge in [0, 0.05) is 12.8 Å². The molecule has 0 fully saturated rings. The zero-order valence-electron chi connectivity index (χ0n) is 8.76. The van der Waals surface area contributed by atoms with E-state index in [4.69, 9.17) is 21.7 Å². The van der Waals surface area contributed by atoms with E-state index in [0.29, 0.717) is 0 Å². The van der Waals surface area contributed by atoms with E-state index in [-0.39, 0.29) is 31.5 Å². The second kappa shape index (κ2) is 6.91. The quantitative estimate of drug-likeness (QED) is 0.417. The SMILES string of the molecule is NC(CCC(=O)C(N)CCC(=O)O)C(=O)O. The first-order chi connectivity index (χ1) is 7.34. The van der Waals surface area contributed by atoms with Crippen molar-refractivity contribution in [1.29, 1.82) is 0 Å². The molecular formula is C9H16N2O5. The first-order valence-electron chi connectivity index (χ1n) is 4.83. The number of carbonyl (C=O) groups excluding carboxylic acids is 1. The Labute approximate surface area is 92.4 Å². The molecule has 0 aliphatic heterocycles. The summed E-state index contributed by atoms with van der Waals surface area (Å²) in [6.07, 6.45) is -0.169. The number of carboxylic acids is 2. The van der Waals surface area contributed by atoms with Gasteiger partial charge in [0.15, 0.2) is 0 Å². The molecule has 92 valence electrons. The van der Waals surface area contributed by atoms with Crippen molar-refractivity contribution in [1.82, 2.24) is 0 Å². The van der Waals surface area contributed by atoms with Gasteiger partial charge < -0.3 is 21.7 Å². The Morgan fingerprint density at radius 1 is 0.938 bits per heavy atom. The molecule has 0 amide bonds. The van der Waals surface area contributed by atoms with Crippen molar-refractivity contribution >= 4 is 17.7 Å². The Morgan fingerprint density at radius 2 is 1.44 bits per heavy atom. The van der Waals surface area contributed by atoms with E-state index in [1.165, 1.54) is 0 Å². The zero-order valence-corrected chi connectivity index (χ0v) is 8.76. The molecule has 0 aromatic rings. The van der Waals surface area contributed by atoms with Gasteiger partial charge in [0.25, 0.3) is 0 Å². The molecule has 0 aromatic heterocycles. The van der Waals surface area contributed by atoms with E-state index in [1.54, 1.807) is 0 Å². The third-order valence-electron chi connectivity index (χ3n) is 2.10. The summed E-state index contributed by atoms with van der Waals surface area (Å²) in [6.45, 7) is 0. The molecule has 0 saturated carbocycles. The Balaban J connectivity index is 3.87. The minimum atomic E-state index is -1.17. The Morgan fingerprint density at radius 3 is 1.88 bits per heavy atom. The van der Waals surface area contributed by atoms with Gasteiger partial charge in [-0.2, -0.15) is 0 Å². The molecule has 0 aliphatic carbocycles. The first kappa shape index (κ1) is 14.5. The average Bonchev–Trinajstić information content (AvgIpc) is 2.21. The van der Waals surface area contributed by atoms with Crippen molar-refractivity contribution in [2.75, 3.05) is 0 Å². The molecule has 0 rings (SSSR count). The summed E-state index contributed by atoms with van der Waals surface area (Å²) >= 11 is 0. The van der Waals surface area contributed by atoms with Gasteiger partial charge >= 0.3 is 11.9 Å². The fraction of sp³-hybridized carbons (Fsp3) is 0.667. The lowest BCUT2D eigenvalue weighted by Gasteiger charge is -2.10. The van der Waals surface area contributed by atoms with Crippen LogP contribution >= 0.6 is 0 Å². The molecule has 2 unspecified atom stereocenters. The lowest BCUT2D eigenvalue weighted by Crippen LogP contribution is -2.35. The lowest BCUT2D eigenvalue weighted by molar-refractivity contribution is -0.139. The van der Waals surface area contributed by atoms with E-state index in [2.05, 4.69) is 0 Å². The molecule has 0 aromatic carbocycles. The van der Waals surface area contributed by atoms with Crippen molar-refractivity contribution in [2.45, 2.75) is 37.8 Å². The number of ketones is 1. The summed E-state index contributed by atoms with van der Waals surface area (Å²) in [5.74, 6) is -2.56. The minimum absolute atomic E-state index is 0.00887. The van der Waals surface area contributed by atoms with Crippen LogP contribution in [-0.4, -0.2) is 40.0 Å². The number of carbonyl (C=O) groups is 3. The maximum Gasteiger partial charge on any atom is 0.320 e. The first-order valence-corrected chi connectivity index (χ1v) is 4.83. The number of hydrogen-bond acceptors (Lipinski definition) is 5. The van der Waals surface area contributed by atoms with Crippen LogP contribution in [-0.2, 0) is 14.4 Å². The third kappa shape index (κ3) is 6.10. The van der Waals surface area contributed by atoms with E-state index in [0.717, 1.165) is 0 Å². The monoisotopic (exact) mass is 232 g/mol. The van der Waals surface area contributed by atoms with Gasteiger partial charge in [0.1, 0.15) is 11.8 Å². The summed E-state index contributed by atoms with van der Waals surface area (Å²) in [4.78, 5) is 31.9. The van der Waals surface area contributed by atoms with Crippen LogP contribution < -0.4 is 11.5 Å². The van der Waals surface area contributed by atoms with Gasteiger partial charge in [-0.1, -0.05) is 0 Å².